The van der Waals surface area contributed by atoms with Crippen LogP contribution in [0, 0.1) is 0 Å². The zero-order valence-electron chi connectivity index (χ0n) is 14.6. The van der Waals surface area contributed by atoms with Gasteiger partial charge in [0.2, 0.25) is 0 Å². The van der Waals surface area contributed by atoms with E-state index in [1.54, 1.807) is 30.4 Å². The van der Waals surface area contributed by atoms with Crippen LogP contribution < -0.4 is 0 Å². The maximum Gasteiger partial charge on any atom is 0.187 e. The zero-order chi connectivity index (χ0) is 17.9. The first-order valence-electron chi connectivity index (χ1n) is 8.42. The molecule has 4 rings (SSSR count). The van der Waals surface area contributed by atoms with Crippen molar-refractivity contribution in [2.24, 2.45) is 0 Å². The minimum atomic E-state index is 0.246. The van der Waals surface area contributed by atoms with Gasteiger partial charge in [-0.3, -0.25) is 4.98 Å². The lowest BCUT2D eigenvalue weighted by molar-refractivity contribution is 0.752. The minimum Gasteiger partial charge on any atom is -0.254 e. The Hall–Kier alpha value is -2.80. The SMILES string of the molecule is CC(C)c1nc(CSc2ncccn2)n(-c2cccc3cccnc23)n1. The highest BCUT2D eigenvalue weighted by atomic mass is 32.2. The number of thioether (sulfide) groups is 1. The largest absolute Gasteiger partial charge is 0.254 e. The lowest BCUT2D eigenvalue weighted by atomic mass is 10.2. The van der Waals surface area contributed by atoms with E-state index in [0.29, 0.717) is 5.75 Å². The molecule has 3 heterocycles. The van der Waals surface area contributed by atoms with Crippen molar-refractivity contribution in [3.05, 3.63) is 66.6 Å². The van der Waals surface area contributed by atoms with Gasteiger partial charge in [0.05, 0.1) is 17.0 Å². The smallest absolute Gasteiger partial charge is 0.187 e. The number of para-hydroxylation sites is 1. The molecular formula is C19H18N6S. The first kappa shape index (κ1) is 16.7. The quantitative estimate of drug-likeness (QED) is 0.394. The minimum absolute atomic E-state index is 0.246. The summed E-state index contributed by atoms with van der Waals surface area (Å²) in [5.74, 6) is 2.56. The van der Waals surface area contributed by atoms with Gasteiger partial charge in [0.25, 0.3) is 0 Å². The molecule has 0 saturated carbocycles. The molecule has 0 saturated heterocycles. The fraction of sp³-hybridized carbons (Fsp3) is 0.211. The number of benzene rings is 1. The average molecular weight is 362 g/mol. The van der Waals surface area contributed by atoms with E-state index in [0.717, 1.165) is 33.4 Å². The molecule has 0 fully saturated rings. The summed E-state index contributed by atoms with van der Waals surface area (Å²) in [6.45, 7) is 4.19. The predicted octanol–water partition coefficient (Wildman–Crippen LogP) is 4.02. The van der Waals surface area contributed by atoms with Gasteiger partial charge >= 0.3 is 0 Å². The monoisotopic (exact) mass is 362 g/mol. The van der Waals surface area contributed by atoms with E-state index >= 15 is 0 Å². The van der Waals surface area contributed by atoms with Crippen LogP contribution in [0.2, 0.25) is 0 Å². The highest BCUT2D eigenvalue weighted by Crippen LogP contribution is 2.25. The van der Waals surface area contributed by atoms with Gasteiger partial charge in [-0.25, -0.2) is 19.6 Å². The van der Waals surface area contributed by atoms with Gasteiger partial charge in [0.15, 0.2) is 11.0 Å². The number of hydrogen-bond donors (Lipinski definition) is 0. The summed E-state index contributed by atoms with van der Waals surface area (Å²) in [5, 5.41) is 6.56. The molecule has 0 aliphatic heterocycles. The van der Waals surface area contributed by atoms with Crippen molar-refractivity contribution in [2.75, 3.05) is 0 Å². The molecule has 0 radical (unpaired) electrons. The normalized spacial score (nSPS) is 11.3. The molecule has 0 spiro atoms. The van der Waals surface area contributed by atoms with Gasteiger partial charge in [0.1, 0.15) is 5.82 Å². The van der Waals surface area contributed by atoms with E-state index in [4.69, 9.17) is 10.1 Å². The van der Waals surface area contributed by atoms with Crippen LogP contribution in [0.3, 0.4) is 0 Å². The summed E-state index contributed by atoms with van der Waals surface area (Å²) >= 11 is 1.55. The fourth-order valence-corrected chi connectivity index (χ4v) is 3.36. The molecule has 0 N–H and O–H groups in total. The number of aromatic nitrogens is 6. The van der Waals surface area contributed by atoms with E-state index in [1.165, 1.54) is 0 Å². The Labute approximate surface area is 155 Å². The first-order valence-corrected chi connectivity index (χ1v) is 9.40. The molecule has 4 aromatic rings. The van der Waals surface area contributed by atoms with Gasteiger partial charge in [0, 0.05) is 29.9 Å². The van der Waals surface area contributed by atoms with Crippen LogP contribution in [0.15, 0.2) is 60.1 Å². The third-order valence-electron chi connectivity index (χ3n) is 3.92. The summed E-state index contributed by atoms with van der Waals surface area (Å²) < 4.78 is 1.90. The van der Waals surface area contributed by atoms with Crippen molar-refractivity contribution in [1.82, 2.24) is 29.7 Å². The van der Waals surface area contributed by atoms with Gasteiger partial charge in [-0.05, 0) is 18.2 Å². The topological polar surface area (TPSA) is 69.4 Å². The summed E-state index contributed by atoms with van der Waals surface area (Å²) in [7, 11) is 0. The number of hydrogen-bond acceptors (Lipinski definition) is 6. The molecule has 0 unspecified atom stereocenters. The standard InChI is InChI=1S/C19H18N6S/c1-13(2)18-23-16(12-26-19-21-10-5-11-22-19)25(24-18)15-8-3-6-14-7-4-9-20-17(14)15/h3-11,13H,12H2,1-2H3. The second-order valence-corrected chi connectivity index (χ2v) is 7.07. The Morgan fingerprint density at radius 1 is 0.962 bits per heavy atom. The highest BCUT2D eigenvalue weighted by Gasteiger charge is 2.16. The van der Waals surface area contributed by atoms with Crippen LogP contribution in [0.4, 0.5) is 0 Å². The van der Waals surface area contributed by atoms with Crippen molar-refractivity contribution >= 4 is 22.7 Å². The lowest BCUT2D eigenvalue weighted by Crippen LogP contribution is -2.04. The number of nitrogens with zero attached hydrogens (tertiary/aromatic N) is 6. The summed E-state index contributed by atoms with van der Waals surface area (Å²) in [4.78, 5) is 17.8. The molecule has 6 nitrogen and oxygen atoms in total. The van der Waals surface area contributed by atoms with E-state index in [1.807, 2.05) is 28.9 Å². The van der Waals surface area contributed by atoms with Gasteiger partial charge in [-0.15, -0.1) is 0 Å². The zero-order valence-corrected chi connectivity index (χ0v) is 15.4. The number of fused-ring (bicyclic) bond motifs is 1. The summed E-state index contributed by atoms with van der Waals surface area (Å²) in [5.41, 5.74) is 1.85. The molecule has 0 atom stereocenters. The van der Waals surface area contributed by atoms with Crippen LogP contribution in [0.5, 0.6) is 0 Å². The van der Waals surface area contributed by atoms with Crippen molar-refractivity contribution in [1.29, 1.82) is 0 Å². The van der Waals surface area contributed by atoms with Crippen molar-refractivity contribution in [3.63, 3.8) is 0 Å². The molecule has 0 aliphatic carbocycles. The summed E-state index contributed by atoms with van der Waals surface area (Å²) in [6.07, 6.45) is 5.29. The average Bonchev–Trinajstić information content (AvgIpc) is 3.11. The maximum atomic E-state index is 4.76. The Morgan fingerprint density at radius 3 is 2.54 bits per heavy atom. The molecule has 0 bridgehead atoms. The van der Waals surface area contributed by atoms with E-state index < -0.39 is 0 Å². The molecule has 7 heteroatoms. The summed E-state index contributed by atoms with van der Waals surface area (Å²) in [6, 6.07) is 11.9. The molecule has 0 aliphatic rings. The third kappa shape index (κ3) is 3.30. The fourth-order valence-electron chi connectivity index (χ4n) is 2.64. The Kier molecular flexibility index (Phi) is 4.62. The van der Waals surface area contributed by atoms with Gasteiger partial charge in [-0.2, -0.15) is 5.10 Å². The van der Waals surface area contributed by atoms with Crippen LogP contribution in [-0.2, 0) is 5.75 Å². The Bertz CT molecular complexity index is 1020. The Morgan fingerprint density at radius 2 is 1.73 bits per heavy atom. The first-order chi connectivity index (χ1) is 12.7. The van der Waals surface area contributed by atoms with Gasteiger partial charge in [-0.1, -0.05) is 43.8 Å². The molecular weight excluding hydrogens is 344 g/mol. The second-order valence-electron chi connectivity index (χ2n) is 6.13. The van der Waals surface area contributed by atoms with Crippen molar-refractivity contribution in [2.45, 2.75) is 30.7 Å². The molecule has 26 heavy (non-hydrogen) atoms. The van der Waals surface area contributed by atoms with E-state index in [-0.39, 0.29) is 5.92 Å². The van der Waals surface area contributed by atoms with Crippen molar-refractivity contribution in [3.8, 4) is 5.69 Å². The molecule has 1 aromatic carbocycles. The molecule has 3 aromatic heterocycles. The van der Waals surface area contributed by atoms with E-state index in [9.17, 15) is 0 Å². The predicted molar refractivity (Wildman–Crippen MR) is 102 cm³/mol. The third-order valence-corrected chi connectivity index (χ3v) is 4.79. The second kappa shape index (κ2) is 7.21. The lowest BCUT2D eigenvalue weighted by Gasteiger charge is -2.08. The highest BCUT2D eigenvalue weighted by molar-refractivity contribution is 7.98. The van der Waals surface area contributed by atoms with Gasteiger partial charge < -0.3 is 0 Å². The van der Waals surface area contributed by atoms with Crippen LogP contribution in [-0.4, -0.2) is 29.7 Å². The molecule has 0 amide bonds. The van der Waals surface area contributed by atoms with E-state index in [2.05, 4.69) is 40.9 Å². The number of pyridine rings is 1. The van der Waals surface area contributed by atoms with Crippen LogP contribution in [0.25, 0.3) is 16.6 Å². The Balaban J connectivity index is 1.77. The van der Waals surface area contributed by atoms with Crippen molar-refractivity contribution < 1.29 is 0 Å². The number of rotatable bonds is 5. The van der Waals surface area contributed by atoms with Crippen LogP contribution in [0.1, 0.15) is 31.4 Å². The van der Waals surface area contributed by atoms with Crippen LogP contribution >= 0.6 is 11.8 Å². The molecule has 130 valence electrons. The maximum absolute atomic E-state index is 4.76.